The van der Waals surface area contributed by atoms with Crippen LogP contribution in [0.2, 0.25) is 5.02 Å². The standard InChI is InChI=1S/C22H24ClF3N2O2S/c1-14-7-12-18(31-14)19(20(29)27-17-5-3-2-4-6-17)28(21(30)22(24,25)26)13-15-8-10-16(23)11-9-15/h7-12,17,19H,2-6,13H2,1H3,(H,27,29)/t19-/m0/s1. The molecule has 1 heterocycles. The van der Waals surface area contributed by atoms with Gasteiger partial charge in [-0.1, -0.05) is 43.0 Å². The lowest BCUT2D eigenvalue weighted by Gasteiger charge is -2.33. The third kappa shape index (κ3) is 6.23. The molecule has 0 unspecified atom stereocenters. The fourth-order valence-corrected chi connectivity index (χ4v) is 4.90. The van der Waals surface area contributed by atoms with Gasteiger partial charge in [0.15, 0.2) is 0 Å². The number of benzene rings is 1. The van der Waals surface area contributed by atoms with Crippen LogP contribution >= 0.6 is 22.9 Å². The highest BCUT2D eigenvalue weighted by Gasteiger charge is 2.47. The Balaban J connectivity index is 1.97. The molecule has 0 radical (unpaired) electrons. The Morgan fingerprint density at radius 1 is 1.13 bits per heavy atom. The van der Waals surface area contributed by atoms with Gasteiger partial charge in [0.1, 0.15) is 6.04 Å². The molecule has 2 amide bonds. The minimum atomic E-state index is -5.11. The van der Waals surface area contributed by atoms with Gasteiger partial charge in [-0.15, -0.1) is 11.3 Å². The molecule has 1 fully saturated rings. The van der Waals surface area contributed by atoms with E-state index in [1.54, 1.807) is 43.3 Å². The lowest BCUT2D eigenvalue weighted by atomic mass is 9.95. The number of nitrogens with zero attached hydrogens (tertiary/aromatic N) is 1. The van der Waals surface area contributed by atoms with Crippen LogP contribution in [-0.4, -0.2) is 28.9 Å². The maximum atomic E-state index is 13.5. The van der Waals surface area contributed by atoms with Crippen LogP contribution in [0.1, 0.15) is 53.5 Å². The van der Waals surface area contributed by atoms with Crippen molar-refractivity contribution in [2.45, 2.75) is 63.8 Å². The first-order valence-electron chi connectivity index (χ1n) is 10.1. The van der Waals surface area contributed by atoms with Crippen molar-refractivity contribution in [2.24, 2.45) is 0 Å². The molecule has 1 aliphatic carbocycles. The van der Waals surface area contributed by atoms with Gasteiger partial charge in [-0.3, -0.25) is 9.59 Å². The Kier molecular flexibility index (Phi) is 7.64. The maximum Gasteiger partial charge on any atom is 0.471 e. The lowest BCUT2D eigenvalue weighted by Crippen LogP contribution is -2.49. The molecule has 1 N–H and O–H groups in total. The third-order valence-electron chi connectivity index (χ3n) is 5.31. The molecule has 2 aromatic rings. The first-order valence-corrected chi connectivity index (χ1v) is 11.3. The summed E-state index contributed by atoms with van der Waals surface area (Å²) in [7, 11) is 0. The molecule has 1 aliphatic rings. The van der Waals surface area contributed by atoms with E-state index in [0.29, 0.717) is 20.4 Å². The van der Waals surface area contributed by atoms with Gasteiger partial charge in [0.05, 0.1) is 0 Å². The van der Waals surface area contributed by atoms with Crippen LogP contribution in [0, 0.1) is 6.92 Å². The number of alkyl halides is 3. The van der Waals surface area contributed by atoms with Gasteiger partial charge >= 0.3 is 12.1 Å². The van der Waals surface area contributed by atoms with Gasteiger partial charge in [-0.25, -0.2) is 0 Å². The monoisotopic (exact) mass is 472 g/mol. The summed E-state index contributed by atoms with van der Waals surface area (Å²) in [5.74, 6) is -2.63. The molecule has 0 aliphatic heterocycles. The number of nitrogens with one attached hydrogen (secondary N) is 1. The molecule has 9 heteroatoms. The van der Waals surface area contributed by atoms with Gasteiger partial charge in [0.25, 0.3) is 0 Å². The van der Waals surface area contributed by atoms with Crippen molar-refractivity contribution in [1.82, 2.24) is 10.2 Å². The van der Waals surface area contributed by atoms with Gasteiger partial charge in [-0.05, 0) is 49.6 Å². The van der Waals surface area contributed by atoms with Crippen LogP contribution < -0.4 is 5.32 Å². The zero-order valence-corrected chi connectivity index (χ0v) is 18.6. The molecular weight excluding hydrogens is 449 g/mol. The van der Waals surface area contributed by atoms with Gasteiger partial charge in [-0.2, -0.15) is 13.2 Å². The van der Waals surface area contributed by atoms with E-state index in [2.05, 4.69) is 5.32 Å². The number of rotatable bonds is 6. The minimum absolute atomic E-state index is 0.0943. The average Bonchev–Trinajstić information content (AvgIpc) is 3.14. The highest BCUT2D eigenvalue weighted by atomic mass is 35.5. The van der Waals surface area contributed by atoms with Crippen molar-refractivity contribution in [3.63, 3.8) is 0 Å². The highest BCUT2D eigenvalue weighted by molar-refractivity contribution is 7.12. The summed E-state index contributed by atoms with van der Waals surface area (Å²) in [6.45, 7) is 1.44. The van der Waals surface area contributed by atoms with Crippen LogP contribution in [-0.2, 0) is 16.1 Å². The van der Waals surface area contributed by atoms with Crippen LogP contribution in [0.4, 0.5) is 13.2 Å². The molecule has 1 aromatic carbocycles. The largest absolute Gasteiger partial charge is 0.471 e. The molecule has 1 atom stereocenters. The van der Waals surface area contributed by atoms with E-state index >= 15 is 0 Å². The van der Waals surface area contributed by atoms with E-state index < -0.39 is 24.0 Å². The van der Waals surface area contributed by atoms with Crippen LogP contribution in [0.15, 0.2) is 36.4 Å². The lowest BCUT2D eigenvalue weighted by molar-refractivity contribution is -0.189. The number of hydrogen-bond acceptors (Lipinski definition) is 3. The van der Waals surface area contributed by atoms with Gasteiger partial charge < -0.3 is 10.2 Å². The molecule has 0 bridgehead atoms. The van der Waals surface area contributed by atoms with Crippen molar-refractivity contribution >= 4 is 34.8 Å². The summed E-state index contributed by atoms with van der Waals surface area (Å²) < 4.78 is 40.6. The molecule has 1 aromatic heterocycles. The average molecular weight is 473 g/mol. The van der Waals surface area contributed by atoms with E-state index in [9.17, 15) is 22.8 Å². The highest BCUT2D eigenvalue weighted by Crippen LogP contribution is 2.33. The summed E-state index contributed by atoms with van der Waals surface area (Å²) in [6.07, 6.45) is -0.538. The molecule has 0 saturated heterocycles. The first-order chi connectivity index (χ1) is 14.6. The first kappa shape index (κ1) is 23.6. The predicted molar refractivity (Wildman–Crippen MR) is 115 cm³/mol. The van der Waals surface area contributed by atoms with Crippen LogP contribution in [0.25, 0.3) is 0 Å². The van der Waals surface area contributed by atoms with Crippen molar-refractivity contribution in [3.8, 4) is 0 Å². The normalized spacial score (nSPS) is 16.0. The molecule has 168 valence electrons. The number of carbonyl (C=O) groups is 2. The van der Waals surface area contributed by atoms with E-state index in [4.69, 9.17) is 11.6 Å². The summed E-state index contributed by atoms with van der Waals surface area (Å²) in [5, 5.41) is 3.32. The maximum absolute atomic E-state index is 13.5. The summed E-state index contributed by atoms with van der Waals surface area (Å²) >= 11 is 7.09. The number of carbonyl (C=O) groups excluding carboxylic acids is 2. The van der Waals surface area contributed by atoms with E-state index in [0.717, 1.165) is 37.0 Å². The topological polar surface area (TPSA) is 49.4 Å². The number of hydrogen-bond donors (Lipinski definition) is 1. The SMILES string of the molecule is Cc1ccc([C@@H](C(=O)NC2CCCCC2)N(Cc2ccc(Cl)cc2)C(=O)C(F)(F)F)s1. The predicted octanol–water partition coefficient (Wildman–Crippen LogP) is 5.79. The Morgan fingerprint density at radius 3 is 2.32 bits per heavy atom. The molecule has 4 nitrogen and oxygen atoms in total. The fraction of sp³-hybridized carbons (Fsp3) is 0.455. The van der Waals surface area contributed by atoms with Gasteiger partial charge in [0, 0.05) is 27.4 Å². The number of amides is 2. The Morgan fingerprint density at radius 2 is 1.77 bits per heavy atom. The second-order valence-corrected chi connectivity index (χ2v) is 9.51. The van der Waals surface area contributed by atoms with E-state index in [1.807, 2.05) is 0 Å². The van der Waals surface area contributed by atoms with Crippen molar-refractivity contribution in [2.75, 3.05) is 0 Å². The van der Waals surface area contributed by atoms with E-state index in [1.165, 1.54) is 11.3 Å². The summed E-state index contributed by atoms with van der Waals surface area (Å²) in [5.41, 5.74) is 0.450. The fourth-order valence-electron chi connectivity index (χ4n) is 3.78. The smallest absolute Gasteiger partial charge is 0.351 e. The molecular formula is C22H24ClF3N2O2S. The Bertz CT molecular complexity index is 908. The molecule has 0 spiro atoms. The van der Waals surface area contributed by atoms with Crippen molar-refractivity contribution in [1.29, 1.82) is 0 Å². The summed E-state index contributed by atoms with van der Waals surface area (Å²) in [6, 6.07) is 8.07. The second kappa shape index (κ2) is 10.0. The number of halogens is 4. The van der Waals surface area contributed by atoms with Crippen molar-refractivity contribution < 1.29 is 22.8 Å². The van der Waals surface area contributed by atoms with Crippen LogP contribution in [0.3, 0.4) is 0 Å². The Hall–Kier alpha value is -2.06. The minimum Gasteiger partial charge on any atom is -0.351 e. The number of thiophene rings is 1. The molecule has 31 heavy (non-hydrogen) atoms. The second-order valence-electron chi connectivity index (χ2n) is 7.75. The van der Waals surface area contributed by atoms with Crippen LogP contribution in [0.5, 0.6) is 0 Å². The van der Waals surface area contributed by atoms with E-state index in [-0.39, 0.29) is 12.6 Å². The van der Waals surface area contributed by atoms with Crippen molar-refractivity contribution in [3.05, 3.63) is 56.7 Å². The third-order valence-corrected chi connectivity index (χ3v) is 6.62. The zero-order valence-electron chi connectivity index (χ0n) is 17.0. The summed E-state index contributed by atoms with van der Waals surface area (Å²) in [4.78, 5) is 27.6. The zero-order chi connectivity index (χ0) is 22.6. The molecule has 3 rings (SSSR count). The Labute approximate surface area is 188 Å². The van der Waals surface area contributed by atoms with Gasteiger partial charge in [0.2, 0.25) is 5.91 Å². The quantitative estimate of drug-likeness (QED) is 0.578. The molecule has 1 saturated carbocycles. The number of aryl methyl sites for hydroxylation is 1.